The monoisotopic (exact) mass is 348 g/mol. The van der Waals surface area contributed by atoms with Crippen molar-refractivity contribution in [2.75, 3.05) is 41.7 Å². The SMILES string of the molecule is Nc1ncc(-c2cc(N3CCC3)nc(N3CCC3)n2)cc1OC(F)F. The summed E-state index contributed by atoms with van der Waals surface area (Å²) < 4.78 is 29.5. The summed E-state index contributed by atoms with van der Waals surface area (Å²) in [6.07, 6.45) is 3.76. The summed E-state index contributed by atoms with van der Waals surface area (Å²) in [5.41, 5.74) is 6.80. The molecule has 4 heterocycles. The molecule has 0 atom stereocenters. The highest BCUT2D eigenvalue weighted by Crippen LogP contribution is 2.31. The minimum absolute atomic E-state index is 0.0796. The summed E-state index contributed by atoms with van der Waals surface area (Å²) in [6, 6.07) is 3.29. The largest absolute Gasteiger partial charge is 0.431 e. The lowest BCUT2D eigenvalue weighted by atomic mass is 10.1. The normalized spacial score (nSPS) is 16.6. The van der Waals surface area contributed by atoms with Crippen molar-refractivity contribution in [3.63, 3.8) is 0 Å². The van der Waals surface area contributed by atoms with Crippen molar-refractivity contribution >= 4 is 17.6 Å². The van der Waals surface area contributed by atoms with Crippen LogP contribution >= 0.6 is 0 Å². The molecule has 132 valence electrons. The number of nitrogens with two attached hydrogens (primary N) is 1. The highest BCUT2D eigenvalue weighted by molar-refractivity contribution is 5.68. The predicted octanol–water partition coefficient (Wildman–Crippen LogP) is 2.14. The third-order valence-electron chi connectivity index (χ3n) is 4.41. The van der Waals surface area contributed by atoms with E-state index in [9.17, 15) is 8.78 Å². The molecule has 2 fully saturated rings. The molecule has 4 rings (SSSR count). The van der Waals surface area contributed by atoms with E-state index in [1.807, 2.05) is 6.07 Å². The van der Waals surface area contributed by atoms with Crippen molar-refractivity contribution in [1.82, 2.24) is 15.0 Å². The molecule has 2 aliphatic heterocycles. The van der Waals surface area contributed by atoms with Crippen LogP contribution in [-0.2, 0) is 0 Å². The average Bonchev–Trinajstić information content (AvgIpc) is 2.45. The van der Waals surface area contributed by atoms with E-state index < -0.39 is 6.61 Å². The fraction of sp³-hybridized carbons (Fsp3) is 0.438. The summed E-state index contributed by atoms with van der Waals surface area (Å²) in [6.45, 7) is 0.786. The first-order valence-electron chi connectivity index (χ1n) is 8.20. The Bertz CT molecular complexity index is 747. The van der Waals surface area contributed by atoms with Gasteiger partial charge in [-0.05, 0) is 18.9 Å². The van der Waals surface area contributed by atoms with E-state index >= 15 is 0 Å². The lowest BCUT2D eigenvalue weighted by Crippen LogP contribution is -2.40. The quantitative estimate of drug-likeness (QED) is 0.887. The molecule has 0 radical (unpaired) electrons. The van der Waals surface area contributed by atoms with E-state index in [2.05, 4.69) is 29.5 Å². The maximum Gasteiger partial charge on any atom is 0.387 e. The summed E-state index contributed by atoms with van der Waals surface area (Å²) >= 11 is 0. The van der Waals surface area contributed by atoms with Crippen molar-refractivity contribution in [2.45, 2.75) is 19.5 Å². The van der Waals surface area contributed by atoms with Gasteiger partial charge in [0.25, 0.3) is 0 Å². The zero-order valence-electron chi connectivity index (χ0n) is 13.5. The zero-order chi connectivity index (χ0) is 17.4. The highest BCUT2D eigenvalue weighted by Gasteiger charge is 2.23. The molecular formula is C16H18F2N6O. The van der Waals surface area contributed by atoms with Crippen LogP contribution in [0.15, 0.2) is 18.3 Å². The smallest absolute Gasteiger partial charge is 0.387 e. The van der Waals surface area contributed by atoms with E-state index in [0.29, 0.717) is 17.2 Å². The number of alkyl halides is 2. The topological polar surface area (TPSA) is 80.4 Å². The van der Waals surface area contributed by atoms with Gasteiger partial charge in [-0.3, -0.25) is 0 Å². The number of anilines is 3. The Balaban J connectivity index is 1.73. The highest BCUT2D eigenvalue weighted by atomic mass is 19.3. The molecule has 2 N–H and O–H groups in total. The van der Waals surface area contributed by atoms with Crippen LogP contribution in [0.2, 0.25) is 0 Å². The van der Waals surface area contributed by atoms with Crippen LogP contribution in [0.5, 0.6) is 5.75 Å². The van der Waals surface area contributed by atoms with Crippen LogP contribution < -0.4 is 20.3 Å². The summed E-state index contributed by atoms with van der Waals surface area (Å²) in [5, 5.41) is 0. The van der Waals surface area contributed by atoms with Gasteiger partial charge in [-0.15, -0.1) is 0 Å². The molecular weight excluding hydrogens is 330 g/mol. The Labute approximate surface area is 143 Å². The molecule has 25 heavy (non-hydrogen) atoms. The van der Waals surface area contributed by atoms with Crippen LogP contribution in [-0.4, -0.2) is 47.7 Å². The van der Waals surface area contributed by atoms with Crippen molar-refractivity contribution in [3.05, 3.63) is 18.3 Å². The predicted molar refractivity (Wildman–Crippen MR) is 90.0 cm³/mol. The van der Waals surface area contributed by atoms with Gasteiger partial charge in [-0.1, -0.05) is 0 Å². The van der Waals surface area contributed by atoms with Gasteiger partial charge in [-0.2, -0.15) is 13.8 Å². The molecule has 0 bridgehead atoms. The number of hydrogen-bond donors (Lipinski definition) is 1. The van der Waals surface area contributed by atoms with Gasteiger partial charge in [0.1, 0.15) is 5.82 Å². The van der Waals surface area contributed by atoms with Gasteiger partial charge < -0.3 is 20.3 Å². The number of pyridine rings is 1. The summed E-state index contributed by atoms with van der Waals surface area (Å²) in [4.78, 5) is 17.4. The Hall–Kier alpha value is -2.71. The second-order valence-corrected chi connectivity index (χ2v) is 6.08. The molecule has 0 amide bonds. The molecule has 2 aromatic rings. The molecule has 0 saturated carbocycles. The van der Waals surface area contributed by atoms with Crippen LogP contribution in [0.3, 0.4) is 0 Å². The fourth-order valence-corrected chi connectivity index (χ4v) is 2.72. The first-order chi connectivity index (χ1) is 12.1. The zero-order valence-corrected chi connectivity index (χ0v) is 13.5. The molecule has 0 unspecified atom stereocenters. The molecule has 2 saturated heterocycles. The number of nitrogens with zero attached hydrogens (tertiary/aromatic N) is 5. The third kappa shape index (κ3) is 3.13. The lowest BCUT2D eigenvalue weighted by Gasteiger charge is -2.35. The fourth-order valence-electron chi connectivity index (χ4n) is 2.72. The molecule has 0 aromatic carbocycles. The second-order valence-electron chi connectivity index (χ2n) is 6.08. The van der Waals surface area contributed by atoms with Crippen LogP contribution in [0.25, 0.3) is 11.3 Å². The van der Waals surface area contributed by atoms with Crippen LogP contribution in [0.4, 0.5) is 26.4 Å². The number of halogens is 2. The molecule has 2 aliphatic rings. The average molecular weight is 348 g/mol. The molecule has 0 aliphatic carbocycles. The summed E-state index contributed by atoms with van der Waals surface area (Å²) in [5.74, 6) is 1.26. The minimum atomic E-state index is -2.96. The van der Waals surface area contributed by atoms with Crippen molar-refractivity contribution in [3.8, 4) is 17.0 Å². The van der Waals surface area contributed by atoms with Crippen LogP contribution in [0.1, 0.15) is 12.8 Å². The maximum atomic E-state index is 12.5. The van der Waals surface area contributed by atoms with E-state index in [-0.39, 0.29) is 11.6 Å². The van der Waals surface area contributed by atoms with E-state index in [1.165, 1.54) is 12.3 Å². The van der Waals surface area contributed by atoms with E-state index in [1.54, 1.807) is 0 Å². The van der Waals surface area contributed by atoms with E-state index in [4.69, 9.17) is 5.73 Å². The van der Waals surface area contributed by atoms with E-state index in [0.717, 1.165) is 44.8 Å². The maximum absolute atomic E-state index is 12.5. The molecule has 9 heteroatoms. The molecule has 0 spiro atoms. The second kappa shape index (κ2) is 6.30. The lowest BCUT2D eigenvalue weighted by molar-refractivity contribution is -0.0494. The Kier molecular flexibility index (Phi) is 3.98. The van der Waals surface area contributed by atoms with Crippen molar-refractivity contribution in [2.24, 2.45) is 0 Å². The van der Waals surface area contributed by atoms with Crippen molar-refractivity contribution in [1.29, 1.82) is 0 Å². The number of ether oxygens (including phenoxy) is 1. The van der Waals surface area contributed by atoms with Gasteiger partial charge >= 0.3 is 6.61 Å². The van der Waals surface area contributed by atoms with Gasteiger partial charge in [0, 0.05) is 44.0 Å². The van der Waals surface area contributed by atoms with Crippen LogP contribution in [0, 0.1) is 0 Å². The third-order valence-corrected chi connectivity index (χ3v) is 4.41. The minimum Gasteiger partial charge on any atom is -0.431 e. The van der Waals surface area contributed by atoms with Gasteiger partial charge in [-0.25, -0.2) is 9.97 Å². The van der Waals surface area contributed by atoms with Gasteiger partial charge in [0.05, 0.1) is 5.69 Å². The van der Waals surface area contributed by atoms with Gasteiger partial charge in [0.2, 0.25) is 5.95 Å². The number of aromatic nitrogens is 3. The summed E-state index contributed by atoms with van der Waals surface area (Å²) in [7, 11) is 0. The Morgan fingerprint density at radius 2 is 1.76 bits per heavy atom. The van der Waals surface area contributed by atoms with Crippen molar-refractivity contribution < 1.29 is 13.5 Å². The first-order valence-corrected chi connectivity index (χ1v) is 8.20. The number of hydrogen-bond acceptors (Lipinski definition) is 7. The Morgan fingerprint density at radius 3 is 2.36 bits per heavy atom. The number of nitrogen functional groups attached to an aromatic ring is 1. The number of rotatable bonds is 5. The first kappa shape index (κ1) is 15.8. The Morgan fingerprint density at radius 1 is 1.04 bits per heavy atom. The molecule has 7 nitrogen and oxygen atoms in total. The standard InChI is InChI=1S/C16H18F2N6O/c17-15(18)25-12-7-10(9-20-14(12)19)11-8-13(23-3-1-4-23)22-16(21-11)24-5-2-6-24/h7-9,15H,1-6H2,(H2,19,20). The van der Waals surface area contributed by atoms with Gasteiger partial charge in [0.15, 0.2) is 11.6 Å². The molecule has 2 aromatic heterocycles.